The molecule has 0 radical (unpaired) electrons. The van der Waals surface area contributed by atoms with Crippen molar-refractivity contribution in [3.05, 3.63) is 11.5 Å². The van der Waals surface area contributed by atoms with Gasteiger partial charge in [0.25, 0.3) is 0 Å². The third kappa shape index (κ3) is 2.50. The molecule has 1 fully saturated rings. The minimum absolute atomic E-state index is 0.0371. The molecule has 1 saturated heterocycles. The summed E-state index contributed by atoms with van der Waals surface area (Å²) in [5.41, 5.74) is 6.11. The third-order valence-electron chi connectivity index (χ3n) is 3.80. The Balaban J connectivity index is 2.07. The molecule has 4 atom stereocenters. The van der Waals surface area contributed by atoms with Crippen LogP contribution in [0, 0.1) is 5.92 Å². The summed E-state index contributed by atoms with van der Waals surface area (Å²) in [5.74, 6) is -1.34. The van der Waals surface area contributed by atoms with Crippen LogP contribution < -0.4 is 5.73 Å². The van der Waals surface area contributed by atoms with Gasteiger partial charge in [0.1, 0.15) is 11.6 Å². The number of ether oxygens (including phenoxy) is 3. The van der Waals surface area contributed by atoms with Gasteiger partial charge in [-0.15, -0.1) is 0 Å². The van der Waals surface area contributed by atoms with Crippen LogP contribution in [0.2, 0.25) is 5.15 Å². The Morgan fingerprint density at radius 3 is 3.04 bits per heavy atom. The van der Waals surface area contributed by atoms with Gasteiger partial charge in [-0.05, 0) is 0 Å². The summed E-state index contributed by atoms with van der Waals surface area (Å²) in [6.07, 6.45) is -1.69. The van der Waals surface area contributed by atoms with Crippen molar-refractivity contribution in [3.8, 4) is 0 Å². The number of hydrogen-bond acceptors (Lipinski definition) is 8. The van der Waals surface area contributed by atoms with E-state index in [0.29, 0.717) is 0 Å². The van der Waals surface area contributed by atoms with Crippen molar-refractivity contribution < 1.29 is 23.1 Å². The first-order valence-corrected chi connectivity index (χ1v) is 7.07. The average molecular weight is 345 g/mol. The summed E-state index contributed by atoms with van der Waals surface area (Å²) in [5, 5.41) is 0.0371. The zero-order chi connectivity index (χ0) is 19.2. The van der Waals surface area contributed by atoms with Gasteiger partial charge in [-0.2, -0.15) is 9.97 Å². The van der Waals surface area contributed by atoms with Crippen molar-refractivity contribution in [2.75, 3.05) is 19.9 Å². The van der Waals surface area contributed by atoms with E-state index in [0.717, 1.165) is 0 Å². The maximum atomic E-state index is 12.0. The summed E-state index contributed by atoms with van der Waals surface area (Å²) in [6.45, 7) is 1.63. The molecule has 2 aromatic rings. The minimum atomic E-state index is -2.70. The second kappa shape index (κ2) is 5.91. The second-order valence-corrected chi connectivity index (χ2v) is 5.47. The number of nitrogen functional groups attached to an aromatic ring is 1. The van der Waals surface area contributed by atoms with Crippen LogP contribution in [0.5, 0.6) is 0 Å². The molecule has 2 N–H and O–H groups in total. The quantitative estimate of drug-likeness (QED) is 0.641. The summed E-state index contributed by atoms with van der Waals surface area (Å²) in [7, 11) is -1.49. The zero-order valence-electron chi connectivity index (χ0n) is 15.3. The fourth-order valence-corrected chi connectivity index (χ4v) is 2.86. The fourth-order valence-electron chi connectivity index (χ4n) is 2.64. The Morgan fingerprint density at radius 2 is 2.35 bits per heavy atom. The lowest BCUT2D eigenvalue weighted by Crippen LogP contribution is -2.30. The molecule has 0 bridgehead atoms. The van der Waals surface area contributed by atoms with Gasteiger partial charge in [0.2, 0.25) is 5.95 Å². The van der Waals surface area contributed by atoms with Crippen molar-refractivity contribution in [3.63, 3.8) is 0 Å². The normalized spacial score (nSPS) is 30.0. The molecular formula is C13H16ClN5O4. The van der Waals surface area contributed by atoms with Crippen molar-refractivity contribution in [1.29, 1.82) is 0 Å². The van der Waals surface area contributed by atoms with Crippen molar-refractivity contribution in [2.45, 2.75) is 25.4 Å². The number of esters is 1. The summed E-state index contributed by atoms with van der Waals surface area (Å²) >= 11 is 6.01. The van der Waals surface area contributed by atoms with E-state index in [2.05, 4.69) is 15.0 Å². The van der Waals surface area contributed by atoms with E-state index in [4.69, 9.17) is 35.7 Å². The van der Waals surface area contributed by atoms with E-state index in [1.807, 2.05) is 0 Å². The number of methoxy groups -OCH3 is 2. The van der Waals surface area contributed by atoms with E-state index >= 15 is 0 Å². The van der Waals surface area contributed by atoms with E-state index in [-0.39, 0.29) is 22.3 Å². The Hall–Kier alpha value is -1.97. The van der Waals surface area contributed by atoms with Crippen LogP contribution in [-0.2, 0) is 19.0 Å². The Kier molecular flexibility index (Phi) is 3.20. The number of rotatable bonds is 3. The van der Waals surface area contributed by atoms with Gasteiger partial charge in [0, 0.05) is 13.0 Å². The molecule has 3 heterocycles. The number of anilines is 1. The Morgan fingerprint density at radius 1 is 1.57 bits per heavy atom. The van der Waals surface area contributed by atoms with Crippen molar-refractivity contribution in [1.82, 2.24) is 19.5 Å². The Bertz CT molecular complexity index is 845. The highest BCUT2D eigenvalue weighted by Crippen LogP contribution is 2.37. The number of fused-ring (bicyclic) bond motifs is 1. The SMILES string of the molecule is [2H]C([2H])([2H])O[C@@H]1[C@H](C)[C@@H](C(=O)OC)O[C@H]1n1cnc2c(Cl)nc(N)nc21. The Labute approximate surface area is 140 Å². The number of carbonyl (C=O) groups excluding carboxylic acids is 1. The average Bonchev–Trinajstić information content (AvgIpc) is 3.08. The zero-order valence-corrected chi connectivity index (χ0v) is 13.0. The monoisotopic (exact) mass is 344 g/mol. The van der Waals surface area contributed by atoms with Gasteiger partial charge in [-0.25, -0.2) is 9.78 Å². The lowest BCUT2D eigenvalue weighted by Gasteiger charge is -2.20. The predicted octanol–water partition coefficient (Wildman–Crippen LogP) is 0.783. The number of nitrogens with two attached hydrogens (primary N) is 1. The largest absolute Gasteiger partial charge is 0.467 e. The van der Waals surface area contributed by atoms with Crippen LogP contribution >= 0.6 is 11.6 Å². The maximum absolute atomic E-state index is 12.0. The van der Waals surface area contributed by atoms with Gasteiger partial charge >= 0.3 is 5.97 Å². The summed E-state index contributed by atoms with van der Waals surface area (Å²) < 4.78 is 39.3. The third-order valence-corrected chi connectivity index (χ3v) is 4.07. The molecule has 23 heavy (non-hydrogen) atoms. The lowest BCUT2D eigenvalue weighted by atomic mass is 10.0. The molecule has 3 rings (SSSR count). The highest BCUT2D eigenvalue weighted by Gasteiger charge is 2.47. The molecule has 9 nitrogen and oxygen atoms in total. The van der Waals surface area contributed by atoms with Gasteiger partial charge in [-0.1, -0.05) is 18.5 Å². The number of carbonyl (C=O) groups is 1. The van der Waals surface area contributed by atoms with Gasteiger partial charge < -0.3 is 19.9 Å². The fraction of sp³-hybridized carbons (Fsp3) is 0.538. The van der Waals surface area contributed by atoms with Crippen LogP contribution in [0.15, 0.2) is 6.33 Å². The van der Waals surface area contributed by atoms with Crippen LogP contribution in [0.4, 0.5) is 5.95 Å². The summed E-state index contributed by atoms with van der Waals surface area (Å²) in [6, 6.07) is 0. The minimum Gasteiger partial charge on any atom is -0.467 e. The molecular weight excluding hydrogens is 326 g/mol. The van der Waals surface area contributed by atoms with Crippen molar-refractivity contribution >= 4 is 34.7 Å². The van der Waals surface area contributed by atoms with E-state index in [1.165, 1.54) is 18.0 Å². The number of hydrogen-bond donors (Lipinski definition) is 1. The predicted molar refractivity (Wildman–Crippen MR) is 80.6 cm³/mol. The van der Waals surface area contributed by atoms with Crippen molar-refractivity contribution in [2.24, 2.45) is 5.92 Å². The number of nitrogens with zero attached hydrogens (tertiary/aromatic N) is 4. The van der Waals surface area contributed by atoms with Gasteiger partial charge in [0.05, 0.1) is 17.5 Å². The smallest absolute Gasteiger partial charge is 0.335 e. The molecule has 1 aliphatic rings. The first kappa shape index (κ1) is 12.5. The molecule has 0 unspecified atom stereocenters. The topological polar surface area (TPSA) is 114 Å². The van der Waals surface area contributed by atoms with Gasteiger partial charge in [-0.3, -0.25) is 4.57 Å². The molecule has 0 aromatic carbocycles. The van der Waals surface area contributed by atoms with Crippen LogP contribution in [0.3, 0.4) is 0 Å². The first-order valence-electron chi connectivity index (χ1n) is 8.19. The molecule has 0 amide bonds. The first-order chi connectivity index (χ1) is 12.1. The van der Waals surface area contributed by atoms with Crippen LogP contribution in [0.1, 0.15) is 17.3 Å². The second-order valence-electron chi connectivity index (χ2n) is 5.11. The highest BCUT2D eigenvalue weighted by molar-refractivity contribution is 6.33. The summed E-state index contributed by atoms with van der Waals surface area (Å²) in [4.78, 5) is 24.0. The molecule has 1 aliphatic heterocycles. The van der Waals surface area contributed by atoms with E-state index in [1.54, 1.807) is 6.92 Å². The highest BCUT2D eigenvalue weighted by atomic mass is 35.5. The van der Waals surface area contributed by atoms with E-state index < -0.39 is 37.4 Å². The maximum Gasteiger partial charge on any atom is 0.335 e. The molecule has 0 saturated carbocycles. The molecule has 2 aromatic heterocycles. The van der Waals surface area contributed by atoms with Crippen LogP contribution in [0.25, 0.3) is 11.2 Å². The lowest BCUT2D eigenvalue weighted by molar-refractivity contribution is -0.157. The van der Waals surface area contributed by atoms with Crippen LogP contribution in [-0.4, -0.2) is 51.8 Å². The molecule has 0 aliphatic carbocycles. The standard InChI is InChI=1S/C13H16ClN5O4/c1-5-7(21-2)11(23-8(5)12(20)22-3)19-4-16-6-9(14)17-13(15)18-10(6)19/h4-5,7-8,11H,1-3H3,(H2,15,17,18)/t5-,7+,8-,11+/m0/s1/i2D3. The number of halogens is 1. The van der Waals surface area contributed by atoms with E-state index in [9.17, 15) is 4.79 Å². The molecule has 124 valence electrons. The van der Waals surface area contributed by atoms with Gasteiger partial charge in [0.15, 0.2) is 23.1 Å². The number of aromatic nitrogens is 4. The number of imidazole rings is 1. The molecule has 10 heteroatoms. The molecule has 0 spiro atoms.